The number of nitrogens with one attached hydrogen (secondary N) is 2. The van der Waals surface area contributed by atoms with Gasteiger partial charge >= 0.3 is 5.97 Å². The molecule has 0 heterocycles. The van der Waals surface area contributed by atoms with Crippen LogP contribution in [-0.2, 0) is 14.3 Å². The molecular formula is C17H24N2O5. The fourth-order valence-electron chi connectivity index (χ4n) is 1.74. The molecule has 0 radical (unpaired) electrons. The lowest BCUT2D eigenvalue weighted by atomic mass is 10.2. The van der Waals surface area contributed by atoms with Crippen LogP contribution in [0.3, 0.4) is 0 Å². The van der Waals surface area contributed by atoms with Crippen LogP contribution in [0.25, 0.3) is 0 Å². The first kappa shape index (κ1) is 19.5. The van der Waals surface area contributed by atoms with Crippen molar-refractivity contribution in [3.63, 3.8) is 0 Å². The van der Waals surface area contributed by atoms with E-state index in [4.69, 9.17) is 9.47 Å². The standard InChI is InChI=1S/C17H24N2O5/c1-4-12(3)19-15(20)11-24-16(21)10-18-17(22)13-6-8-14(9-7-13)23-5-2/h6-9,12H,4-5,10-11H2,1-3H3,(H,18,22)(H,19,20). The molecule has 1 atom stereocenters. The van der Waals surface area contributed by atoms with Crippen molar-refractivity contribution in [2.75, 3.05) is 19.8 Å². The molecule has 0 spiro atoms. The number of benzene rings is 1. The van der Waals surface area contributed by atoms with Crippen LogP contribution < -0.4 is 15.4 Å². The van der Waals surface area contributed by atoms with E-state index >= 15 is 0 Å². The average molecular weight is 336 g/mol. The molecular weight excluding hydrogens is 312 g/mol. The number of hydrogen-bond acceptors (Lipinski definition) is 5. The van der Waals surface area contributed by atoms with Gasteiger partial charge in [-0.15, -0.1) is 0 Å². The summed E-state index contributed by atoms with van der Waals surface area (Å²) in [7, 11) is 0. The molecule has 0 aliphatic rings. The van der Waals surface area contributed by atoms with Gasteiger partial charge in [-0.2, -0.15) is 0 Å². The van der Waals surface area contributed by atoms with Gasteiger partial charge in [0.15, 0.2) is 6.61 Å². The van der Waals surface area contributed by atoms with E-state index in [1.54, 1.807) is 24.3 Å². The molecule has 0 aliphatic heterocycles. The van der Waals surface area contributed by atoms with Crippen molar-refractivity contribution in [2.45, 2.75) is 33.2 Å². The Labute approximate surface area is 141 Å². The van der Waals surface area contributed by atoms with Crippen molar-refractivity contribution in [1.82, 2.24) is 10.6 Å². The summed E-state index contributed by atoms with van der Waals surface area (Å²) in [5.74, 6) is -0.774. The smallest absolute Gasteiger partial charge is 0.325 e. The normalized spacial score (nSPS) is 11.3. The van der Waals surface area contributed by atoms with Crippen molar-refractivity contribution in [2.24, 2.45) is 0 Å². The minimum absolute atomic E-state index is 0.0237. The van der Waals surface area contributed by atoms with Crippen molar-refractivity contribution >= 4 is 17.8 Å². The van der Waals surface area contributed by atoms with Gasteiger partial charge in [-0.3, -0.25) is 14.4 Å². The molecule has 0 aliphatic carbocycles. The van der Waals surface area contributed by atoms with Crippen molar-refractivity contribution < 1.29 is 23.9 Å². The molecule has 7 heteroatoms. The Hall–Kier alpha value is -2.57. The molecule has 1 unspecified atom stereocenters. The van der Waals surface area contributed by atoms with Crippen LogP contribution >= 0.6 is 0 Å². The van der Waals surface area contributed by atoms with E-state index in [9.17, 15) is 14.4 Å². The number of rotatable bonds is 9. The van der Waals surface area contributed by atoms with E-state index in [1.807, 2.05) is 20.8 Å². The fraction of sp³-hybridized carbons (Fsp3) is 0.471. The Morgan fingerprint density at radius 3 is 2.38 bits per heavy atom. The molecule has 0 saturated carbocycles. The lowest BCUT2D eigenvalue weighted by molar-refractivity contribution is -0.147. The number of amides is 2. The first-order valence-corrected chi connectivity index (χ1v) is 7.92. The van der Waals surface area contributed by atoms with Gasteiger partial charge in [0.25, 0.3) is 11.8 Å². The quantitative estimate of drug-likeness (QED) is 0.663. The highest BCUT2D eigenvalue weighted by molar-refractivity contribution is 5.96. The monoisotopic (exact) mass is 336 g/mol. The maximum atomic E-state index is 11.9. The molecule has 2 N–H and O–H groups in total. The third-order valence-corrected chi connectivity index (χ3v) is 3.20. The van der Waals surface area contributed by atoms with Crippen LogP contribution in [-0.4, -0.2) is 43.6 Å². The summed E-state index contributed by atoms with van der Waals surface area (Å²) in [4.78, 5) is 34.9. The predicted octanol–water partition coefficient (Wildman–Crippen LogP) is 1.27. The SMILES string of the molecule is CCOc1ccc(C(=O)NCC(=O)OCC(=O)NC(C)CC)cc1. The molecule has 1 rings (SSSR count). The van der Waals surface area contributed by atoms with Gasteiger partial charge in [0.2, 0.25) is 0 Å². The lowest BCUT2D eigenvalue weighted by Gasteiger charge is -2.11. The van der Waals surface area contributed by atoms with Crippen molar-refractivity contribution in [1.29, 1.82) is 0 Å². The Balaban J connectivity index is 2.33. The first-order chi connectivity index (χ1) is 11.5. The number of carbonyl (C=O) groups excluding carboxylic acids is 3. The Morgan fingerprint density at radius 1 is 1.12 bits per heavy atom. The van der Waals surface area contributed by atoms with Gasteiger partial charge in [0.1, 0.15) is 12.3 Å². The zero-order chi connectivity index (χ0) is 17.9. The predicted molar refractivity (Wildman–Crippen MR) is 88.8 cm³/mol. The molecule has 0 bridgehead atoms. The van der Waals surface area contributed by atoms with Crippen LogP contribution in [0.15, 0.2) is 24.3 Å². The Morgan fingerprint density at radius 2 is 1.79 bits per heavy atom. The molecule has 0 saturated heterocycles. The second-order valence-electron chi connectivity index (χ2n) is 5.18. The van der Waals surface area contributed by atoms with Gasteiger partial charge in [-0.05, 0) is 44.5 Å². The second kappa shape index (κ2) is 10.3. The zero-order valence-electron chi connectivity index (χ0n) is 14.3. The van der Waals surface area contributed by atoms with Gasteiger partial charge in [-0.25, -0.2) is 0 Å². The summed E-state index contributed by atoms with van der Waals surface area (Å²) in [6.45, 7) is 5.55. The van der Waals surface area contributed by atoms with Crippen LogP contribution in [0, 0.1) is 0 Å². The van der Waals surface area contributed by atoms with Gasteiger partial charge in [0, 0.05) is 11.6 Å². The summed E-state index contributed by atoms with van der Waals surface area (Å²) < 4.78 is 10.1. The average Bonchev–Trinajstić information content (AvgIpc) is 2.58. The molecule has 0 fully saturated rings. The number of ether oxygens (including phenoxy) is 2. The van der Waals surface area contributed by atoms with Crippen LogP contribution in [0.2, 0.25) is 0 Å². The minimum atomic E-state index is -0.673. The van der Waals surface area contributed by atoms with E-state index in [2.05, 4.69) is 10.6 Å². The highest BCUT2D eigenvalue weighted by Crippen LogP contribution is 2.11. The van der Waals surface area contributed by atoms with Crippen LogP contribution in [0.4, 0.5) is 0 Å². The maximum absolute atomic E-state index is 11.9. The fourth-order valence-corrected chi connectivity index (χ4v) is 1.74. The van der Waals surface area contributed by atoms with Gasteiger partial charge in [0.05, 0.1) is 6.61 Å². The largest absolute Gasteiger partial charge is 0.494 e. The highest BCUT2D eigenvalue weighted by atomic mass is 16.5. The molecule has 1 aromatic carbocycles. The minimum Gasteiger partial charge on any atom is -0.494 e. The summed E-state index contributed by atoms with van der Waals surface area (Å²) in [6, 6.07) is 6.58. The maximum Gasteiger partial charge on any atom is 0.325 e. The van der Waals surface area contributed by atoms with Crippen LogP contribution in [0.5, 0.6) is 5.75 Å². The number of carbonyl (C=O) groups is 3. The topological polar surface area (TPSA) is 93.7 Å². The molecule has 7 nitrogen and oxygen atoms in total. The van der Waals surface area contributed by atoms with E-state index in [-0.39, 0.29) is 25.1 Å². The summed E-state index contributed by atoms with van der Waals surface area (Å²) in [5.41, 5.74) is 0.403. The van der Waals surface area contributed by atoms with Crippen LogP contribution in [0.1, 0.15) is 37.6 Å². The highest BCUT2D eigenvalue weighted by Gasteiger charge is 2.12. The lowest BCUT2D eigenvalue weighted by Crippen LogP contribution is -2.37. The molecule has 132 valence electrons. The van der Waals surface area contributed by atoms with Gasteiger partial charge < -0.3 is 20.1 Å². The summed E-state index contributed by atoms with van der Waals surface area (Å²) >= 11 is 0. The Kier molecular flexibility index (Phi) is 8.32. The van der Waals surface area contributed by atoms with Gasteiger partial charge in [-0.1, -0.05) is 6.92 Å². The van der Waals surface area contributed by atoms with E-state index in [0.29, 0.717) is 17.9 Å². The third-order valence-electron chi connectivity index (χ3n) is 3.20. The first-order valence-electron chi connectivity index (χ1n) is 7.92. The zero-order valence-corrected chi connectivity index (χ0v) is 14.3. The van der Waals surface area contributed by atoms with E-state index in [0.717, 1.165) is 6.42 Å². The summed E-state index contributed by atoms with van der Waals surface area (Å²) in [5, 5.41) is 5.12. The van der Waals surface area contributed by atoms with Crippen molar-refractivity contribution in [3.8, 4) is 5.75 Å². The van der Waals surface area contributed by atoms with E-state index < -0.39 is 11.9 Å². The molecule has 2 amide bonds. The number of esters is 1. The molecule has 0 aromatic heterocycles. The van der Waals surface area contributed by atoms with Crippen molar-refractivity contribution in [3.05, 3.63) is 29.8 Å². The molecule has 1 aromatic rings. The molecule has 24 heavy (non-hydrogen) atoms. The van der Waals surface area contributed by atoms with E-state index in [1.165, 1.54) is 0 Å². The number of hydrogen-bond donors (Lipinski definition) is 2. The second-order valence-corrected chi connectivity index (χ2v) is 5.18. The third kappa shape index (κ3) is 7.13. The summed E-state index contributed by atoms with van der Waals surface area (Å²) in [6.07, 6.45) is 0.790. The Bertz CT molecular complexity index is 557.